The number of nitrogens with two attached hydrogens (primary N) is 1. The largest absolute Gasteiger partial charge is 0.285 e. The average Bonchev–Trinajstić information content (AvgIpc) is 3.12. The fraction of sp³-hybridized carbons (Fsp3) is 0.0455. The van der Waals surface area contributed by atoms with Crippen molar-refractivity contribution in [2.24, 2.45) is 10.1 Å². The van der Waals surface area contributed by atoms with E-state index >= 15 is 0 Å². The summed E-state index contributed by atoms with van der Waals surface area (Å²) in [6.07, 6.45) is 0. The quantitative estimate of drug-likeness (QED) is 0.530. The molecule has 146 valence electrons. The first-order valence-corrected chi connectivity index (χ1v) is 11.3. The van der Waals surface area contributed by atoms with Gasteiger partial charge in [-0.3, -0.25) is 4.57 Å². The predicted molar refractivity (Wildman–Crippen MR) is 117 cm³/mol. The molecule has 0 aliphatic rings. The molecule has 2 N–H and O–H groups in total. The lowest BCUT2D eigenvalue weighted by molar-refractivity contribution is 0.598. The molecule has 1 heterocycles. The van der Waals surface area contributed by atoms with Gasteiger partial charge in [0.2, 0.25) is 10.0 Å². The van der Waals surface area contributed by atoms with E-state index < -0.39 is 10.0 Å². The highest BCUT2D eigenvalue weighted by Gasteiger charge is 2.11. The van der Waals surface area contributed by atoms with E-state index in [0.717, 1.165) is 21.7 Å². The van der Waals surface area contributed by atoms with E-state index in [0.29, 0.717) is 5.69 Å². The van der Waals surface area contributed by atoms with Gasteiger partial charge in [0.1, 0.15) is 0 Å². The topological polar surface area (TPSA) is 77.4 Å². The minimum absolute atomic E-state index is 0.0684. The fourth-order valence-electron chi connectivity index (χ4n) is 2.96. The molecule has 0 spiro atoms. The number of hydrogen-bond acceptors (Lipinski definition) is 4. The third kappa shape index (κ3) is 4.22. The Morgan fingerprint density at radius 3 is 2.17 bits per heavy atom. The number of para-hydroxylation sites is 1. The molecule has 0 aliphatic heterocycles. The minimum Gasteiger partial charge on any atom is -0.285 e. The van der Waals surface area contributed by atoms with Gasteiger partial charge in [0.05, 0.1) is 16.3 Å². The maximum absolute atomic E-state index is 11.5. The summed E-state index contributed by atoms with van der Waals surface area (Å²) in [7, 11) is -3.72. The van der Waals surface area contributed by atoms with Crippen molar-refractivity contribution >= 4 is 27.0 Å². The van der Waals surface area contributed by atoms with Crippen LogP contribution >= 0.6 is 11.3 Å². The second-order valence-corrected chi connectivity index (χ2v) is 8.99. The molecule has 0 saturated carbocycles. The molecule has 0 amide bonds. The molecule has 5 nitrogen and oxygen atoms in total. The highest BCUT2D eigenvalue weighted by molar-refractivity contribution is 7.89. The number of thiazole rings is 1. The van der Waals surface area contributed by atoms with E-state index in [9.17, 15) is 8.42 Å². The van der Waals surface area contributed by atoms with Gasteiger partial charge in [0, 0.05) is 11.1 Å². The Kier molecular flexibility index (Phi) is 5.19. The van der Waals surface area contributed by atoms with Crippen molar-refractivity contribution in [1.82, 2.24) is 4.57 Å². The molecule has 0 atom stereocenters. The van der Waals surface area contributed by atoms with Gasteiger partial charge in [0.15, 0.2) is 4.80 Å². The molecule has 0 bridgehead atoms. The van der Waals surface area contributed by atoms with Crippen molar-refractivity contribution in [2.45, 2.75) is 11.8 Å². The lowest BCUT2D eigenvalue weighted by atomic mass is 10.1. The Morgan fingerprint density at radius 1 is 0.897 bits per heavy atom. The van der Waals surface area contributed by atoms with Crippen molar-refractivity contribution in [1.29, 1.82) is 0 Å². The second-order valence-electron chi connectivity index (χ2n) is 6.59. The molecule has 3 aromatic carbocycles. The van der Waals surface area contributed by atoms with Crippen LogP contribution in [0, 0.1) is 6.92 Å². The van der Waals surface area contributed by atoms with Crippen LogP contribution in [0.25, 0.3) is 16.9 Å². The molecule has 7 heteroatoms. The summed E-state index contributed by atoms with van der Waals surface area (Å²) in [5.41, 5.74) is 5.00. The van der Waals surface area contributed by atoms with E-state index in [2.05, 4.69) is 41.1 Å². The van der Waals surface area contributed by atoms with Crippen molar-refractivity contribution < 1.29 is 8.42 Å². The zero-order valence-corrected chi connectivity index (χ0v) is 17.3. The smallest absolute Gasteiger partial charge is 0.238 e. The molecule has 1 aromatic heterocycles. The summed E-state index contributed by atoms with van der Waals surface area (Å²) in [6, 6.07) is 24.6. The number of rotatable bonds is 4. The summed E-state index contributed by atoms with van der Waals surface area (Å²) in [6.45, 7) is 2.06. The zero-order chi connectivity index (χ0) is 20.4. The standard InChI is InChI=1S/C22H19N3O2S2/c1-16-7-9-17(10-8-16)21-15-28-22(25(21)19-5-3-2-4-6-19)24-18-11-13-20(14-12-18)29(23,26)27/h2-15H,1H3,(H2,23,26,27). The Labute approximate surface area is 173 Å². The number of sulfonamides is 1. The minimum atomic E-state index is -3.72. The second kappa shape index (κ2) is 7.79. The van der Waals surface area contributed by atoms with Gasteiger partial charge in [-0.05, 0) is 48.9 Å². The maximum Gasteiger partial charge on any atom is 0.238 e. The van der Waals surface area contributed by atoms with Crippen molar-refractivity contribution in [3.8, 4) is 16.9 Å². The van der Waals surface area contributed by atoms with Gasteiger partial charge in [-0.25, -0.2) is 18.5 Å². The summed E-state index contributed by atoms with van der Waals surface area (Å²) < 4.78 is 25.0. The Morgan fingerprint density at radius 2 is 1.55 bits per heavy atom. The van der Waals surface area contributed by atoms with Gasteiger partial charge in [-0.2, -0.15) is 0 Å². The fourth-order valence-corrected chi connectivity index (χ4v) is 4.40. The summed E-state index contributed by atoms with van der Waals surface area (Å²) >= 11 is 1.53. The number of hydrogen-bond donors (Lipinski definition) is 1. The first-order chi connectivity index (χ1) is 13.9. The van der Waals surface area contributed by atoms with Crippen LogP contribution in [0.4, 0.5) is 5.69 Å². The zero-order valence-electron chi connectivity index (χ0n) is 15.7. The van der Waals surface area contributed by atoms with Gasteiger partial charge >= 0.3 is 0 Å². The molecule has 0 radical (unpaired) electrons. The lowest BCUT2D eigenvalue weighted by Gasteiger charge is -2.09. The van der Waals surface area contributed by atoms with Crippen LogP contribution in [0.3, 0.4) is 0 Å². The SMILES string of the molecule is Cc1ccc(-c2csc(=Nc3ccc(S(N)(=O)=O)cc3)n2-c2ccccc2)cc1. The van der Waals surface area contributed by atoms with Gasteiger partial charge in [0.25, 0.3) is 0 Å². The number of primary sulfonamides is 1. The molecular formula is C22H19N3O2S2. The highest BCUT2D eigenvalue weighted by atomic mass is 32.2. The normalized spacial score (nSPS) is 12.3. The van der Waals surface area contributed by atoms with Crippen LogP contribution in [0.1, 0.15) is 5.56 Å². The highest BCUT2D eigenvalue weighted by Crippen LogP contribution is 2.24. The van der Waals surface area contributed by atoms with Crippen LogP contribution in [0.2, 0.25) is 0 Å². The maximum atomic E-state index is 11.5. The number of aromatic nitrogens is 1. The van der Waals surface area contributed by atoms with E-state index in [1.165, 1.54) is 29.0 Å². The van der Waals surface area contributed by atoms with Gasteiger partial charge in [-0.15, -0.1) is 11.3 Å². The van der Waals surface area contributed by atoms with Crippen molar-refractivity contribution in [3.05, 3.63) is 94.6 Å². The molecule has 4 rings (SSSR count). The number of aryl methyl sites for hydroxylation is 1. The molecular weight excluding hydrogens is 402 g/mol. The van der Waals surface area contributed by atoms with Gasteiger partial charge in [-0.1, -0.05) is 48.0 Å². The average molecular weight is 422 g/mol. The van der Waals surface area contributed by atoms with Gasteiger partial charge < -0.3 is 0 Å². The van der Waals surface area contributed by atoms with Crippen LogP contribution in [0.15, 0.2) is 94.1 Å². The Bertz CT molecular complexity index is 1300. The Hall–Kier alpha value is -3.00. The van der Waals surface area contributed by atoms with E-state index in [-0.39, 0.29) is 4.90 Å². The lowest BCUT2D eigenvalue weighted by Crippen LogP contribution is -2.13. The number of benzene rings is 3. The first-order valence-electron chi connectivity index (χ1n) is 8.92. The summed E-state index contributed by atoms with van der Waals surface area (Å²) in [5.74, 6) is 0. The van der Waals surface area contributed by atoms with Crippen LogP contribution in [-0.4, -0.2) is 13.0 Å². The molecule has 4 aromatic rings. The van der Waals surface area contributed by atoms with E-state index in [1.807, 2.05) is 30.3 Å². The monoisotopic (exact) mass is 421 g/mol. The van der Waals surface area contributed by atoms with Crippen LogP contribution in [-0.2, 0) is 10.0 Å². The number of nitrogens with zero attached hydrogens (tertiary/aromatic N) is 2. The predicted octanol–water partition coefficient (Wildman–Crippen LogP) is 4.39. The van der Waals surface area contributed by atoms with Crippen LogP contribution in [0.5, 0.6) is 0 Å². The third-order valence-corrected chi connectivity index (χ3v) is 6.21. The third-order valence-electron chi connectivity index (χ3n) is 4.46. The molecule has 0 unspecified atom stereocenters. The molecule has 0 saturated heterocycles. The van der Waals surface area contributed by atoms with Crippen molar-refractivity contribution in [3.63, 3.8) is 0 Å². The van der Waals surface area contributed by atoms with E-state index in [1.54, 1.807) is 12.1 Å². The Balaban J connectivity index is 1.88. The molecule has 0 fully saturated rings. The first kappa shape index (κ1) is 19.3. The summed E-state index contributed by atoms with van der Waals surface area (Å²) in [5, 5.41) is 7.26. The summed E-state index contributed by atoms with van der Waals surface area (Å²) in [4.78, 5) is 5.61. The molecule has 0 aliphatic carbocycles. The van der Waals surface area contributed by atoms with Crippen molar-refractivity contribution in [2.75, 3.05) is 0 Å². The molecule has 29 heavy (non-hydrogen) atoms. The van der Waals surface area contributed by atoms with Crippen LogP contribution < -0.4 is 9.94 Å². The van der Waals surface area contributed by atoms with E-state index in [4.69, 9.17) is 10.1 Å².